The zero-order chi connectivity index (χ0) is 13.7. The topological polar surface area (TPSA) is 40.5 Å². The normalized spacial score (nSPS) is 12.7. The lowest BCUT2D eigenvalue weighted by atomic mass is 10.0. The number of aryl methyl sites for hydroxylation is 1. The first-order valence-electron chi connectivity index (χ1n) is 6.17. The molecule has 4 heteroatoms. The minimum Gasteiger partial charge on any atom is -0.481 e. The summed E-state index contributed by atoms with van der Waals surface area (Å²) in [5.41, 5.74) is 1.50. The predicted octanol–water partition coefficient (Wildman–Crippen LogP) is 2.99. The molecular formula is C14H20FNO2. The fourth-order valence-corrected chi connectivity index (χ4v) is 1.94. The summed E-state index contributed by atoms with van der Waals surface area (Å²) in [5.74, 6) is -1.02. The van der Waals surface area contributed by atoms with Crippen molar-refractivity contribution in [3.8, 4) is 0 Å². The quantitative estimate of drug-likeness (QED) is 0.847. The van der Waals surface area contributed by atoms with Gasteiger partial charge in [-0.05, 0) is 37.6 Å². The van der Waals surface area contributed by atoms with Crippen LogP contribution in [0.3, 0.4) is 0 Å². The molecule has 0 radical (unpaired) electrons. The van der Waals surface area contributed by atoms with E-state index in [1.54, 1.807) is 13.0 Å². The van der Waals surface area contributed by atoms with Gasteiger partial charge in [0.2, 0.25) is 0 Å². The summed E-state index contributed by atoms with van der Waals surface area (Å²) in [7, 11) is 0. The van der Waals surface area contributed by atoms with Crippen LogP contribution in [0.1, 0.15) is 37.4 Å². The zero-order valence-electron chi connectivity index (χ0n) is 11.1. The first kappa shape index (κ1) is 14.6. The number of nitrogens with zero attached hydrogens (tertiary/aromatic N) is 1. The van der Waals surface area contributed by atoms with Crippen molar-refractivity contribution in [3.63, 3.8) is 0 Å². The summed E-state index contributed by atoms with van der Waals surface area (Å²) in [5, 5.41) is 8.70. The Morgan fingerprint density at radius 2 is 2.17 bits per heavy atom. The maximum atomic E-state index is 13.5. The molecule has 1 atom stereocenters. The van der Waals surface area contributed by atoms with Gasteiger partial charge in [0.05, 0.1) is 6.42 Å². The fraction of sp³-hybridized carbons (Fsp3) is 0.500. The number of aliphatic carboxylic acids is 1. The third kappa shape index (κ3) is 3.81. The van der Waals surface area contributed by atoms with Crippen molar-refractivity contribution in [2.45, 2.75) is 33.2 Å². The van der Waals surface area contributed by atoms with Crippen molar-refractivity contribution in [2.75, 3.05) is 13.1 Å². The minimum atomic E-state index is -0.810. The van der Waals surface area contributed by atoms with Gasteiger partial charge in [-0.3, -0.25) is 9.69 Å². The van der Waals surface area contributed by atoms with E-state index in [0.717, 1.165) is 12.1 Å². The summed E-state index contributed by atoms with van der Waals surface area (Å²) < 4.78 is 13.5. The molecule has 0 saturated carbocycles. The van der Waals surface area contributed by atoms with Gasteiger partial charge in [-0.2, -0.15) is 0 Å². The van der Waals surface area contributed by atoms with Crippen LogP contribution in [0.5, 0.6) is 0 Å². The van der Waals surface area contributed by atoms with Crippen LogP contribution in [0.25, 0.3) is 0 Å². The molecule has 0 bridgehead atoms. The van der Waals surface area contributed by atoms with E-state index < -0.39 is 5.97 Å². The largest absolute Gasteiger partial charge is 0.481 e. The number of benzene rings is 1. The van der Waals surface area contributed by atoms with Gasteiger partial charge in [0.25, 0.3) is 0 Å². The Labute approximate surface area is 107 Å². The molecule has 0 aliphatic heterocycles. The van der Waals surface area contributed by atoms with Gasteiger partial charge in [0.15, 0.2) is 0 Å². The van der Waals surface area contributed by atoms with Crippen molar-refractivity contribution >= 4 is 5.97 Å². The van der Waals surface area contributed by atoms with Gasteiger partial charge < -0.3 is 5.11 Å². The van der Waals surface area contributed by atoms with Crippen LogP contribution in [0.15, 0.2) is 18.2 Å². The van der Waals surface area contributed by atoms with Crippen LogP contribution >= 0.6 is 0 Å². The maximum Gasteiger partial charge on any atom is 0.304 e. The second kappa shape index (κ2) is 6.50. The van der Waals surface area contributed by atoms with E-state index in [2.05, 4.69) is 0 Å². The molecule has 1 N–H and O–H groups in total. The molecule has 0 spiro atoms. The molecule has 0 aliphatic carbocycles. The third-order valence-electron chi connectivity index (χ3n) is 3.25. The lowest BCUT2D eigenvalue weighted by Gasteiger charge is -2.27. The molecule has 1 aromatic carbocycles. The predicted molar refractivity (Wildman–Crippen MR) is 69.1 cm³/mol. The molecule has 0 amide bonds. The molecule has 18 heavy (non-hydrogen) atoms. The average Bonchev–Trinajstić information content (AvgIpc) is 2.32. The number of hydrogen-bond acceptors (Lipinski definition) is 2. The molecule has 0 heterocycles. The van der Waals surface area contributed by atoms with E-state index in [9.17, 15) is 9.18 Å². The number of carbonyl (C=O) groups is 1. The van der Waals surface area contributed by atoms with Crippen molar-refractivity contribution in [3.05, 3.63) is 35.1 Å². The number of halogens is 1. The van der Waals surface area contributed by atoms with Gasteiger partial charge in [0, 0.05) is 12.6 Å². The van der Waals surface area contributed by atoms with Gasteiger partial charge in [0.1, 0.15) is 5.82 Å². The highest BCUT2D eigenvalue weighted by molar-refractivity contribution is 5.66. The second-order valence-corrected chi connectivity index (χ2v) is 4.46. The number of carboxylic acid groups (broad SMARTS) is 1. The van der Waals surface area contributed by atoms with Crippen LogP contribution in [0.2, 0.25) is 0 Å². The summed E-state index contributed by atoms with van der Waals surface area (Å²) >= 11 is 0. The van der Waals surface area contributed by atoms with Crippen molar-refractivity contribution in [1.29, 1.82) is 0 Å². The highest BCUT2D eigenvalue weighted by Crippen LogP contribution is 2.22. The number of hydrogen-bond donors (Lipinski definition) is 1. The monoisotopic (exact) mass is 253 g/mol. The van der Waals surface area contributed by atoms with E-state index >= 15 is 0 Å². The first-order valence-corrected chi connectivity index (χ1v) is 6.17. The van der Waals surface area contributed by atoms with Crippen LogP contribution in [-0.4, -0.2) is 29.1 Å². The second-order valence-electron chi connectivity index (χ2n) is 4.46. The molecule has 0 aromatic heterocycles. The fourth-order valence-electron chi connectivity index (χ4n) is 1.94. The molecule has 0 saturated heterocycles. The number of carboxylic acids is 1. The lowest BCUT2D eigenvalue weighted by Crippen LogP contribution is -2.29. The smallest absolute Gasteiger partial charge is 0.304 e. The van der Waals surface area contributed by atoms with E-state index in [4.69, 9.17) is 5.11 Å². The Kier molecular flexibility index (Phi) is 5.28. The van der Waals surface area contributed by atoms with Crippen LogP contribution < -0.4 is 0 Å². The van der Waals surface area contributed by atoms with Gasteiger partial charge in [-0.25, -0.2) is 4.39 Å². The summed E-state index contributed by atoms with van der Waals surface area (Å²) in [4.78, 5) is 12.6. The maximum absolute atomic E-state index is 13.5. The highest BCUT2D eigenvalue weighted by Gasteiger charge is 2.16. The van der Waals surface area contributed by atoms with Gasteiger partial charge in [-0.15, -0.1) is 0 Å². The van der Waals surface area contributed by atoms with Crippen LogP contribution in [0.4, 0.5) is 4.39 Å². The Morgan fingerprint density at radius 3 is 2.67 bits per heavy atom. The van der Waals surface area contributed by atoms with Crippen molar-refractivity contribution in [2.24, 2.45) is 0 Å². The molecule has 0 fully saturated rings. The van der Waals surface area contributed by atoms with Crippen LogP contribution in [-0.2, 0) is 4.79 Å². The molecule has 100 valence electrons. The lowest BCUT2D eigenvalue weighted by molar-refractivity contribution is -0.137. The van der Waals surface area contributed by atoms with E-state index in [-0.39, 0.29) is 18.3 Å². The standard InChI is InChI=1S/C14H20FNO2/c1-4-16(8-7-14(17)18)11(3)12-6-5-10(2)13(15)9-12/h5-6,9,11H,4,7-8H2,1-3H3,(H,17,18). The molecule has 0 aliphatic rings. The summed E-state index contributed by atoms with van der Waals surface area (Å²) in [6, 6.07) is 5.20. The molecule has 1 aromatic rings. The van der Waals surface area contributed by atoms with Gasteiger partial charge >= 0.3 is 5.97 Å². The first-order chi connectivity index (χ1) is 8.45. The highest BCUT2D eigenvalue weighted by atomic mass is 19.1. The third-order valence-corrected chi connectivity index (χ3v) is 3.25. The Morgan fingerprint density at radius 1 is 1.50 bits per heavy atom. The molecule has 1 rings (SSSR count). The van der Waals surface area contributed by atoms with Gasteiger partial charge in [-0.1, -0.05) is 19.1 Å². The molecule has 3 nitrogen and oxygen atoms in total. The van der Waals surface area contributed by atoms with Crippen molar-refractivity contribution in [1.82, 2.24) is 4.90 Å². The summed E-state index contributed by atoms with van der Waals surface area (Å²) in [6.07, 6.45) is 0.104. The molecule has 1 unspecified atom stereocenters. The minimum absolute atomic E-state index is 0.0180. The average molecular weight is 253 g/mol. The summed E-state index contributed by atoms with van der Waals surface area (Å²) in [6.45, 7) is 6.89. The van der Waals surface area contributed by atoms with E-state index in [1.807, 2.05) is 24.8 Å². The van der Waals surface area contributed by atoms with Crippen molar-refractivity contribution < 1.29 is 14.3 Å². The Hall–Kier alpha value is -1.42. The van der Waals surface area contributed by atoms with E-state index in [0.29, 0.717) is 12.1 Å². The molecular weight excluding hydrogens is 233 g/mol. The van der Waals surface area contributed by atoms with Crippen LogP contribution in [0, 0.1) is 12.7 Å². The van der Waals surface area contributed by atoms with E-state index in [1.165, 1.54) is 6.07 Å². The Bertz CT molecular complexity index is 420. The zero-order valence-corrected chi connectivity index (χ0v) is 11.1. The Balaban J connectivity index is 2.78. The number of rotatable bonds is 6. The SMILES string of the molecule is CCN(CCC(=O)O)C(C)c1ccc(C)c(F)c1.